The number of fused-ring (bicyclic) bond motifs is 2. The Labute approximate surface area is 191 Å². The molecule has 0 saturated carbocycles. The van der Waals surface area contributed by atoms with Crippen LogP contribution in [0.3, 0.4) is 0 Å². The molecule has 0 aromatic heterocycles. The first kappa shape index (κ1) is 21.2. The number of Topliss-reactive ketones (excluding diaryl/α,β-unsaturated/α-hetero) is 1. The Balaban J connectivity index is 1.41. The van der Waals surface area contributed by atoms with Gasteiger partial charge in [0.2, 0.25) is 5.91 Å². The first-order valence-corrected chi connectivity index (χ1v) is 11.0. The summed E-state index contributed by atoms with van der Waals surface area (Å²) in [6.07, 6.45) is 0.570. The number of benzene rings is 3. The molecule has 3 atom stereocenters. The summed E-state index contributed by atoms with van der Waals surface area (Å²) in [6, 6.07) is 18.2. The van der Waals surface area contributed by atoms with Gasteiger partial charge in [0.25, 0.3) is 5.91 Å². The van der Waals surface area contributed by atoms with Crippen molar-refractivity contribution in [1.29, 1.82) is 0 Å². The van der Waals surface area contributed by atoms with E-state index in [4.69, 9.17) is 4.74 Å². The monoisotopic (exact) mass is 444 g/mol. The van der Waals surface area contributed by atoms with Gasteiger partial charge in [-0.3, -0.25) is 14.4 Å². The van der Waals surface area contributed by atoms with Crippen LogP contribution in [-0.4, -0.2) is 58.9 Å². The second-order valence-electron chi connectivity index (χ2n) is 8.54. The van der Waals surface area contributed by atoms with E-state index in [9.17, 15) is 19.5 Å². The van der Waals surface area contributed by atoms with Gasteiger partial charge in [-0.15, -0.1) is 0 Å². The lowest BCUT2D eigenvalue weighted by molar-refractivity contribution is -0.138. The molecule has 0 aliphatic carbocycles. The number of hydrogen-bond acceptors (Lipinski definition) is 5. The minimum Gasteiger partial charge on any atom is -0.508 e. The average Bonchev–Trinajstić information content (AvgIpc) is 3.42. The number of aromatic hydroxyl groups is 1. The quantitative estimate of drug-likeness (QED) is 0.630. The molecule has 0 spiro atoms. The van der Waals surface area contributed by atoms with E-state index >= 15 is 0 Å². The Hall–Kier alpha value is -3.71. The molecule has 33 heavy (non-hydrogen) atoms. The third kappa shape index (κ3) is 4.19. The second kappa shape index (κ2) is 8.67. The highest BCUT2D eigenvalue weighted by Gasteiger charge is 2.48. The maximum Gasteiger partial charge on any atom is 0.251 e. The Kier molecular flexibility index (Phi) is 5.56. The summed E-state index contributed by atoms with van der Waals surface area (Å²) >= 11 is 0. The summed E-state index contributed by atoms with van der Waals surface area (Å²) in [4.78, 5) is 40.5. The van der Waals surface area contributed by atoms with Gasteiger partial charge in [0.05, 0.1) is 6.10 Å². The van der Waals surface area contributed by atoms with E-state index in [1.165, 1.54) is 0 Å². The van der Waals surface area contributed by atoms with E-state index in [0.717, 1.165) is 16.3 Å². The fourth-order valence-electron chi connectivity index (χ4n) is 4.68. The van der Waals surface area contributed by atoms with E-state index in [0.29, 0.717) is 18.5 Å². The van der Waals surface area contributed by atoms with Crippen molar-refractivity contribution in [2.75, 3.05) is 13.2 Å². The van der Waals surface area contributed by atoms with E-state index in [2.05, 4.69) is 5.32 Å². The summed E-state index contributed by atoms with van der Waals surface area (Å²) in [5.74, 6) is -0.640. The molecule has 7 heteroatoms. The van der Waals surface area contributed by atoms with Crippen LogP contribution in [0.5, 0.6) is 5.75 Å². The van der Waals surface area contributed by atoms with Gasteiger partial charge in [-0.25, -0.2) is 0 Å². The zero-order valence-electron chi connectivity index (χ0n) is 17.9. The van der Waals surface area contributed by atoms with Crippen LogP contribution < -0.4 is 5.32 Å². The summed E-state index contributed by atoms with van der Waals surface area (Å²) in [5.41, 5.74) is 1.24. The summed E-state index contributed by atoms with van der Waals surface area (Å²) in [7, 11) is 0. The number of phenols is 1. The summed E-state index contributed by atoms with van der Waals surface area (Å²) < 4.78 is 5.51. The summed E-state index contributed by atoms with van der Waals surface area (Å²) in [5, 5.41) is 14.4. The van der Waals surface area contributed by atoms with Gasteiger partial charge in [-0.1, -0.05) is 42.5 Å². The lowest BCUT2D eigenvalue weighted by Crippen LogP contribution is -2.53. The SMILES string of the molecule is O=C(NC(Cc1ccc(O)cc1)C(=O)N1CCC2OCC(=O)C21)c1ccc2ccccc2c1. The number of nitrogens with zero attached hydrogens (tertiary/aromatic N) is 1. The van der Waals surface area contributed by atoms with Crippen molar-refractivity contribution in [2.45, 2.75) is 31.0 Å². The highest BCUT2D eigenvalue weighted by molar-refractivity contribution is 6.01. The highest BCUT2D eigenvalue weighted by Crippen LogP contribution is 2.28. The molecular formula is C26H24N2O5. The van der Waals surface area contributed by atoms with E-state index in [1.807, 2.05) is 30.3 Å². The van der Waals surface area contributed by atoms with E-state index < -0.39 is 12.1 Å². The second-order valence-corrected chi connectivity index (χ2v) is 8.54. The Morgan fingerprint density at radius 1 is 1.06 bits per heavy atom. The van der Waals surface area contributed by atoms with Crippen molar-refractivity contribution in [2.24, 2.45) is 0 Å². The first-order valence-electron chi connectivity index (χ1n) is 11.0. The number of likely N-dealkylation sites (tertiary alicyclic amines) is 1. The van der Waals surface area contributed by atoms with Gasteiger partial charge in [0, 0.05) is 18.5 Å². The number of carbonyl (C=O) groups excluding carboxylic acids is 3. The predicted molar refractivity (Wildman–Crippen MR) is 122 cm³/mol. The fraction of sp³-hybridized carbons (Fsp3) is 0.269. The molecular weight excluding hydrogens is 420 g/mol. The van der Waals surface area contributed by atoms with E-state index in [1.54, 1.807) is 41.3 Å². The average molecular weight is 444 g/mol. The van der Waals surface area contributed by atoms with Crippen molar-refractivity contribution in [3.8, 4) is 5.75 Å². The topological polar surface area (TPSA) is 95.9 Å². The number of ketones is 1. The summed E-state index contributed by atoms with van der Waals surface area (Å²) in [6.45, 7) is 0.434. The number of hydrogen-bond donors (Lipinski definition) is 2. The van der Waals surface area contributed by atoms with Gasteiger partial charge in [0.1, 0.15) is 24.4 Å². The highest BCUT2D eigenvalue weighted by atomic mass is 16.5. The zero-order valence-corrected chi connectivity index (χ0v) is 17.9. The number of phenolic OH excluding ortho intramolecular Hbond substituents is 1. The lowest BCUT2D eigenvalue weighted by atomic mass is 10.0. The Bertz CT molecular complexity index is 1220. The van der Waals surface area contributed by atoms with Gasteiger partial charge in [-0.05, 0) is 47.0 Å². The van der Waals surface area contributed by atoms with Crippen LogP contribution in [0, 0.1) is 0 Å². The molecule has 0 bridgehead atoms. The lowest BCUT2D eigenvalue weighted by Gasteiger charge is -2.27. The molecule has 3 aromatic rings. The smallest absolute Gasteiger partial charge is 0.251 e. The van der Waals surface area contributed by atoms with Gasteiger partial charge in [-0.2, -0.15) is 0 Å². The molecule has 2 amide bonds. The van der Waals surface area contributed by atoms with Crippen LogP contribution in [0.15, 0.2) is 66.7 Å². The molecule has 2 fully saturated rings. The molecule has 2 aliphatic rings. The van der Waals surface area contributed by atoms with Crippen molar-refractivity contribution in [3.63, 3.8) is 0 Å². The van der Waals surface area contributed by atoms with Crippen molar-refractivity contribution in [1.82, 2.24) is 10.2 Å². The first-order chi connectivity index (χ1) is 16.0. The third-order valence-electron chi connectivity index (χ3n) is 6.39. The van der Waals surface area contributed by atoms with Gasteiger partial charge in [0.15, 0.2) is 5.78 Å². The molecule has 2 heterocycles. The maximum atomic E-state index is 13.5. The Morgan fingerprint density at radius 3 is 2.61 bits per heavy atom. The Morgan fingerprint density at radius 2 is 1.82 bits per heavy atom. The molecule has 2 aliphatic heterocycles. The molecule has 3 unspecified atom stereocenters. The van der Waals surface area contributed by atoms with Gasteiger partial charge < -0.3 is 20.1 Å². The number of carbonyl (C=O) groups is 3. The minimum absolute atomic E-state index is 0.0190. The van der Waals surface area contributed by atoms with Crippen LogP contribution in [0.2, 0.25) is 0 Å². The van der Waals surface area contributed by atoms with Crippen molar-refractivity contribution < 1.29 is 24.2 Å². The molecule has 0 radical (unpaired) electrons. The van der Waals surface area contributed by atoms with Crippen LogP contribution in [0.1, 0.15) is 22.3 Å². The van der Waals surface area contributed by atoms with E-state index in [-0.39, 0.29) is 42.5 Å². The largest absolute Gasteiger partial charge is 0.508 e. The van der Waals surface area contributed by atoms with Crippen LogP contribution in [-0.2, 0) is 20.7 Å². The molecule has 7 nitrogen and oxygen atoms in total. The zero-order chi connectivity index (χ0) is 22.9. The molecule has 2 saturated heterocycles. The van der Waals surface area contributed by atoms with Crippen molar-refractivity contribution in [3.05, 3.63) is 77.9 Å². The van der Waals surface area contributed by atoms with Crippen LogP contribution in [0.4, 0.5) is 0 Å². The minimum atomic E-state index is -0.860. The van der Waals surface area contributed by atoms with Crippen LogP contribution in [0.25, 0.3) is 10.8 Å². The third-order valence-corrected chi connectivity index (χ3v) is 6.39. The maximum absolute atomic E-state index is 13.5. The normalized spacial score (nSPS) is 20.6. The number of amides is 2. The van der Waals surface area contributed by atoms with Crippen LogP contribution >= 0.6 is 0 Å². The number of ether oxygens (including phenoxy) is 1. The number of nitrogens with one attached hydrogen (secondary N) is 1. The molecule has 2 N–H and O–H groups in total. The fourth-order valence-corrected chi connectivity index (χ4v) is 4.68. The number of rotatable bonds is 5. The van der Waals surface area contributed by atoms with Gasteiger partial charge >= 0.3 is 0 Å². The predicted octanol–water partition coefficient (Wildman–Crippen LogP) is 2.46. The molecule has 5 rings (SSSR count). The standard InChI is InChI=1S/C26H24N2O5/c29-20-9-5-16(6-10-20)13-21(26(32)28-12-11-23-24(28)22(30)15-33-23)27-25(31)19-8-7-17-3-1-2-4-18(17)14-19/h1-10,14,21,23-24,29H,11-13,15H2,(H,27,31). The van der Waals surface area contributed by atoms with Crippen molar-refractivity contribution >= 4 is 28.4 Å². The molecule has 168 valence electrons. The molecule has 3 aromatic carbocycles.